The molecule has 4 aliphatic rings. The van der Waals surface area contributed by atoms with Crippen LogP contribution in [0.5, 0.6) is 0 Å². The first-order valence-electron chi connectivity index (χ1n) is 10.1. The normalized spacial score (nSPS) is 52.2. The summed E-state index contributed by atoms with van der Waals surface area (Å²) in [5, 5.41) is 0. The van der Waals surface area contributed by atoms with E-state index in [1.807, 2.05) is 0 Å². The van der Waals surface area contributed by atoms with Crippen molar-refractivity contribution in [1.82, 2.24) is 0 Å². The van der Waals surface area contributed by atoms with Crippen LogP contribution in [-0.4, -0.2) is 12.1 Å². The molecule has 2 nitrogen and oxygen atoms in total. The van der Waals surface area contributed by atoms with Crippen LogP contribution in [0.4, 0.5) is 0 Å². The topological polar surface area (TPSA) is 26.3 Å². The Bertz CT molecular complexity index is 486. The molecule has 0 aromatic heterocycles. The van der Waals surface area contributed by atoms with Gasteiger partial charge >= 0.3 is 5.97 Å². The number of ether oxygens (including phenoxy) is 1. The number of fused-ring (bicyclic) bond motifs is 5. The van der Waals surface area contributed by atoms with Crippen LogP contribution < -0.4 is 0 Å². The molecule has 7 atom stereocenters. The van der Waals surface area contributed by atoms with Gasteiger partial charge in [-0.1, -0.05) is 26.7 Å². The lowest BCUT2D eigenvalue weighted by Gasteiger charge is -2.59. The van der Waals surface area contributed by atoms with Crippen LogP contribution in [0.25, 0.3) is 0 Å². The van der Waals surface area contributed by atoms with Gasteiger partial charge in [-0.15, -0.1) is 0 Å². The Kier molecular flexibility index (Phi) is 3.81. The summed E-state index contributed by atoms with van der Waals surface area (Å²) in [5.74, 6) is 3.54. The summed E-state index contributed by atoms with van der Waals surface area (Å²) in [6.45, 7) is 6.70. The molecule has 0 amide bonds. The van der Waals surface area contributed by atoms with Crippen LogP contribution in [0.3, 0.4) is 0 Å². The molecule has 0 bridgehead atoms. The molecule has 4 aliphatic carbocycles. The number of hydrogen-bond acceptors (Lipinski definition) is 2. The van der Waals surface area contributed by atoms with Crippen LogP contribution in [-0.2, 0) is 9.53 Å². The van der Waals surface area contributed by atoms with Gasteiger partial charge in [0.1, 0.15) is 6.10 Å². The van der Waals surface area contributed by atoms with Gasteiger partial charge in [-0.2, -0.15) is 0 Å². The number of rotatable bonds is 1. The molecule has 0 N–H and O–H groups in total. The molecule has 23 heavy (non-hydrogen) atoms. The molecule has 0 unspecified atom stereocenters. The molecule has 0 aromatic rings. The molecule has 0 aliphatic heterocycles. The van der Waals surface area contributed by atoms with E-state index in [9.17, 15) is 4.79 Å². The summed E-state index contributed by atoms with van der Waals surface area (Å²) < 4.78 is 5.64. The molecular formula is C21H34O2. The molecule has 0 spiro atoms. The highest BCUT2D eigenvalue weighted by molar-refractivity contribution is 5.66. The second-order valence-electron chi connectivity index (χ2n) is 9.77. The predicted molar refractivity (Wildman–Crippen MR) is 91.9 cm³/mol. The highest BCUT2D eigenvalue weighted by Gasteiger charge is 2.59. The van der Waals surface area contributed by atoms with E-state index in [-0.39, 0.29) is 12.1 Å². The molecule has 130 valence electrons. The quantitative estimate of drug-likeness (QED) is 0.609. The van der Waals surface area contributed by atoms with Crippen molar-refractivity contribution in [2.45, 2.75) is 91.1 Å². The second-order valence-corrected chi connectivity index (χ2v) is 9.77. The minimum atomic E-state index is -0.0863. The highest BCUT2D eigenvalue weighted by atomic mass is 16.5. The molecular weight excluding hydrogens is 284 g/mol. The maximum absolute atomic E-state index is 11.4. The molecule has 2 heteroatoms. The average molecular weight is 319 g/mol. The monoisotopic (exact) mass is 318 g/mol. The van der Waals surface area contributed by atoms with E-state index < -0.39 is 0 Å². The van der Waals surface area contributed by atoms with E-state index in [0.29, 0.717) is 10.8 Å². The lowest BCUT2D eigenvalue weighted by Crippen LogP contribution is -2.51. The van der Waals surface area contributed by atoms with Crippen LogP contribution in [0.1, 0.15) is 85.0 Å². The Labute approximate surface area is 141 Å². The number of carbonyl (C=O) groups excluding carboxylic acids is 1. The van der Waals surface area contributed by atoms with Crippen LogP contribution >= 0.6 is 0 Å². The minimum Gasteiger partial charge on any atom is -0.463 e. The van der Waals surface area contributed by atoms with Crippen molar-refractivity contribution >= 4 is 5.97 Å². The number of esters is 1. The van der Waals surface area contributed by atoms with E-state index in [0.717, 1.165) is 36.5 Å². The van der Waals surface area contributed by atoms with Gasteiger partial charge in [0, 0.05) is 6.92 Å². The largest absolute Gasteiger partial charge is 0.463 e. The van der Waals surface area contributed by atoms with E-state index in [1.165, 1.54) is 51.4 Å². The first kappa shape index (κ1) is 16.0. The SMILES string of the molecule is CC(=O)O[C@H]1C[C@H]2[C@H]3CC[C@@H]4CCCC[C@]4(C)[C@@H]3CC[C@]2(C)C1. The van der Waals surface area contributed by atoms with Gasteiger partial charge in [-0.3, -0.25) is 4.79 Å². The molecule has 0 heterocycles. The molecule has 0 saturated heterocycles. The van der Waals surface area contributed by atoms with Gasteiger partial charge in [0.2, 0.25) is 0 Å². The van der Waals surface area contributed by atoms with Crippen molar-refractivity contribution in [3.05, 3.63) is 0 Å². The van der Waals surface area contributed by atoms with Crippen molar-refractivity contribution in [2.24, 2.45) is 34.5 Å². The maximum atomic E-state index is 11.4. The first-order valence-corrected chi connectivity index (χ1v) is 10.1. The van der Waals surface area contributed by atoms with Crippen molar-refractivity contribution in [3.63, 3.8) is 0 Å². The van der Waals surface area contributed by atoms with E-state index in [4.69, 9.17) is 4.74 Å². The number of carbonyl (C=O) groups is 1. The third kappa shape index (κ3) is 2.46. The molecule has 4 saturated carbocycles. The molecule has 4 fully saturated rings. The third-order valence-corrected chi connectivity index (χ3v) is 8.64. The third-order valence-electron chi connectivity index (χ3n) is 8.64. The standard InChI is InChI=1S/C21H34O2/c1-14(22)23-16-12-19-17-8-7-15-6-4-5-10-21(15,3)18(17)9-11-20(19,2)13-16/h15-19H,4-13H2,1-3H3/t15-,16-,17-,18+,19-,20+,21-/m0/s1. The zero-order valence-electron chi connectivity index (χ0n) is 15.3. The predicted octanol–water partition coefficient (Wildman–Crippen LogP) is 5.35. The molecule has 0 aromatic carbocycles. The minimum absolute atomic E-state index is 0.0863. The van der Waals surface area contributed by atoms with Gasteiger partial charge in [0.25, 0.3) is 0 Å². The highest BCUT2D eigenvalue weighted by Crippen LogP contribution is 2.66. The first-order chi connectivity index (χ1) is 10.9. The number of hydrogen-bond donors (Lipinski definition) is 0. The summed E-state index contributed by atoms with van der Waals surface area (Å²) in [6.07, 6.45) is 14.0. The summed E-state index contributed by atoms with van der Waals surface area (Å²) >= 11 is 0. The van der Waals surface area contributed by atoms with E-state index in [2.05, 4.69) is 13.8 Å². The lowest BCUT2D eigenvalue weighted by molar-refractivity contribution is -0.146. The van der Waals surface area contributed by atoms with Crippen molar-refractivity contribution in [2.75, 3.05) is 0 Å². The Morgan fingerprint density at radius 2 is 1.83 bits per heavy atom. The van der Waals surface area contributed by atoms with Crippen LogP contribution in [0, 0.1) is 34.5 Å². The van der Waals surface area contributed by atoms with Crippen molar-refractivity contribution in [1.29, 1.82) is 0 Å². The second kappa shape index (κ2) is 5.49. The Balaban J connectivity index is 1.57. The van der Waals surface area contributed by atoms with E-state index in [1.54, 1.807) is 6.92 Å². The fraction of sp³-hybridized carbons (Fsp3) is 0.952. The summed E-state index contributed by atoms with van der Waals surface area (Å²) in [5.41, 5.74) is 1.04. The zero-order chi connectivity index (χ0) is 16.2. The Hall–Kier alpha value is -0.530. The van der Waals surface area contributed by atoms with Crippen molar-refractivity contribution in [3.8, 4) is 0 Å². The smallest absolute Gasteiger partial charge is 0.302 e. The fourth-order valence-electron chi connectivity index (χ4n) is 7.61. The van der Waals surface area contributed by atoms with Gasteiger partial charge in [-0.05, 0) is 85.9 Å². The summed E-state index contributed by atoms with van der Waals surface area (Å²) in [6, 6.07) is 0. The summed E-state index contributed by atoms with van der Waals surface area (Å²) in [7, 11) is 0. The average Bonchev–Trinajstić information content (AvgIpc) is 2.81. The molecule has 4 rings (SSSR count). The van der Waals surface area contributed by atoms with Gasteiger partial charge in [0.15, 0.2) is 0 Å². The van der Waals surface area contributed by atoms with Gasteiger partial charge in [0.05, 0.1) is 0 Å². The fourth-order valence-corrected chi connectivity index (χ4v) is 7.61. The van der Waals surface area contributed by atoms with Crippen molar-refractivity contribution < 1.29 is 9.53 Å². The zero-order valence-corrected chi connectivity index (χ0v) is 15.3. The lowest BCUT2D eigenvalue weighted by atomic mass is 9.45. The van der Waals surface area contributed by atoms with Gasteiger partial charge < -0.3 is 4.74 Å². The Morgan fingerprint density at radius 1 is 1.00 bits per heavy atom. The van der Waals surface area contributed by atoms with Gasteiger partial charge in [-0.25, -0.2) is 0 Å². The maximum Gasteiger partial charge on any atom is 0.302 e. The van der Waals surface area contributed by atoms with Crippen LogP contribution in [0.2, 0.25) is 0 Å². The molecule has 0 radical (unpaired) electrons. The van der Waals surface area contributed by atoms with E-state index >= 15 is 0 Å². The van der Waals surface area contributed by atoms with Crippen LogP contribution in [0.15, 0.2) is 0 Å². The Morgan fingerprint density at radius 3 is 2.61 bits per heavy atom. The summed E-state index contributed by atoms with van der Waals surface area (Å²) in [4.78, 5) is 11.4.